The van der Waals surface area contributed by atoms with E-state index in [1.54, 1.807) is 19.2 Å². The molecule has 0 aliphatic heterocycles. The van der Waals surface area contributed by atoms with Crippen molar-refractivity contribution in [3.05, 3.63) is 53.5 Å². The molecule has 7 nitrogen and oxygen atoms in total. The predicted octanol–water partition coefficient (Wildman–Crippen LogP) is 2.50. The molecule has 0 saturated carbocycles. The number of furan rings is 1. The van der Waals surface area contributed by atoms with Gasteiger partial charge in [0.05, 0.1) is 12.8 Å². The molecular formula is C20H25N3O4. The molecule has 2 rings (SSSR count). The highest BCUT2D eigenvalue weighted by Crippen LogP contribution is 2.17. The number of likely N-dealkylation sites (N-methyl/N-ethyl adjacent to an activating group) is 1. The van der Waals surface area contributed by atoms with E-state index in [0.29, 0.717) is 13.0 Å². The molecule has 0 bridgehead atoms. The van der Waals surface area contributed by atoms with Crippen molar-refractivity contribution in [1.82, 2.24) is 10.2 Å². The number of carbonyl (C=O) groups is 3. The van der Waals surface area contributed by atoms with Crippen molar-refractivity contribution in [3.8, 4) is 0 Å². The summed E-state index contributed by atoms with van der Waals surface area (Å²) in [6.45, 7) is 4.25. The number of hydrogen-bond acceptors (Lipinski definition) is 4. The molecule has 0 spiro atoms. The smallest absolute Gasteiger partial charge is 0.286 e. The van der Waals surface area contributed by atoms with Crippen LogP contribution in [0.4, 0.5) is 5.69 Å². The Bertz CT molecular complexity index is 800. The first-order valence-electron chi connectivity index (χ1n) is 8.80. The van der Waals surface area contributed by atoms with Crippen molar-refractivity contribution in [1.29, 1.82) is 0 Å². The van der Waals surface area contributed by atoms with Crippen LogP contribution in [0.5, 0.6) is 0 Å². The van der Waals surface area contributed by atoms with Gasteiger partial charge >= 0.3 is 0 Å². The molecule has 27 heavy (non-hydrogen) atoms. The average molecular weight is 371 g/mol. The molecule has 0 atom stereocenters. The van der Waals surface area contributed by atoms with Crippen LogP contribution in [0.3, 0.4) is 0 Å². The summed E-state index contributed by atoms with van der Waals surface area (Å²) in [5.41, 5.74) is 2.85. The third-order valence-electron chi connectivity index (χ3n) is 4.28. The zero-order valence-corrected chi connectivity index (χ0v) is 15.9. The fourth-order valence-electron chi connectivity index (χ4n) is 2.51. The van der Waals surface area contributed by atoms with Gasteiger partial charge < -0.3 is 20.0 Å². The third kappa shape index (κ3) is 5.99. The summed E-state index contributed by atoms with van der Waals surface area (Å²) in [5.74, 6) is -0.473. The Labute approximate surface area is 158 Å². The highest BCUT2D eigenvalue weighted by atomic mass is 16.3. The second kappa shape index (κ2) is 9.56. The van der Waals surface area contributed by atoms with Gasteiger partial charge in [0, 0.05) is 25.7 Å². The van der Waals surface area contributed by atoms with Crippen molar-refractivity contribution >= 4 is 23.4 Å². The van der Waals surface area contributed by atoms with E-state index in [0.717, 1.165) is 16.8 Å². The molecule has 1 aromatic heterocycles. The van der Waals surface area contributed by atoms with Crippen LogP contribution >= 0.6 is 0 Å². The maximum Gasteiger partial charge on any atom is 0.286 e. The van der Waals surface area contributed by atoms with Gasteiger partial charge in [0.2, 0.25) is 11.8 Å². The van der Waals surface area contributed by atoms with Crippen LogP contribution in [-0.2, 0) is 9.59 Å². The number of nitrogens with zero attached hydrogens (tertiary/aromatic N) is 1. The minimum atomic E-state index is -0.311. The zero-order chi connectivity index (χ0) is 19.8. The molecule has 2 N–H and O–H groups in total. The Balaban J connectivity index is 1.70. The number of carbonyl (C=O) groups excluding carboxylic acids is 3. The zero-order valence-electron chi connectivity index (χ0n) is 15.9. The van der Waals surface area contributed by atoms with Crippen LogP contribution in [0, 0.1) is 13.8 Å². The first-order valence-corrected chi connectivity index (χ1v) is 8.80. The molecule has 0 aliphatic rings. The van der Waals surface area contributed by atoms with Crippen LogP contribution < -0.4 is 10.6 Å². The Hall–Kier alpha value is -3.09. The molecule has 0 saturated heterocycles. The number of anilines is 1. The maximum atomic E-state index is 12.2. The molecule has 7 heteroatoms. The molecular weight excluding hydrogens is 346 g/mol. The fraction of sp³-hybridized carbons (Fsp3) is 0.350. The number of hydrogen-bond donors (Lipinski definition) is 2. The molecule has 1 heterocycles. The van der Waals surface area contributed by atoms with E-state index in [1.807, 2.05) is 32.0 Å². The predicted molar refractivity (Wildman–Crippen MR) is 102 cm³/mol. The van der Waals surface area contributed by atoms with E-state index in [2.05, 4.69) is 10.6 Å². The van der Waals surface area contributed by atoms with Crippen LogP contribution in [0.25, 0.3) is 0 Å². The van der Waals surface area contributed by atoms with Gasteiger partial charge in [-0.1, -0.05) is 12.1 Å². The van der Waals surface area contributed by atoms with E-state index in [1.165, 1.54) is 11.2 Å². The highest BCUT2D eigenvalue weighted by Gasteiger charge is 2.14. The van der Waals surface area contributed by atoms with Crippen molar-refractivity contribution < 1.29 is 18.8 Å². The number of amides is 3. The van der Waals surface area contributed by atoms with Crippen molar-refractivity contribution in [3.63, 3.8) is 0 Å². The SMILES string of the molecule is Cc1cccc(NC(=O)CN(C)C(=O)CCCNC(=O)c2ccco2)c1C. The van der Waals surface area contributed by atoms with Gasteiger partial charge in [-0.05, 0) is 49.6 Å². The minimum Gasteiger partial charge on any atom is -0.459 e. The summed E-state index contributed by atoms with van der Waals surface area (Å²) in [7, 11) is 1.59. The first kappa shape index (κ1) is 20.2. The summed E-state index contributed by atoms with van der Waals surface area (Å²) in [4.78, 5) is 37.4. The lowest BCUT2D eigenvalue weighted by Crippen LogP contribution is -2.35. The number of nitrogens with one attached hydrogen (secondary N) is 2. The minimum absolute atomic E-state index is 0.0228. The van der Waals surface area contributed by atoms with Crippen molar-refractivity contribution in [2.24, 2.45) is 0 Å². The molecule has 0 radical (unpaired) electrons. The topological polar surface area (TPSA) is 91.7 Å². The Morgan fingerprint density at radius 2 is 1.89 bits per heavy atom. The van der Waals surface area contributed by atoms with Gasteiger partial charge in [0.25, 0.3) is 5.91 Å². The lowest BCUT2D eigenvalue weighted by Gasteiger charge is -2.17. The second-order valence-electron chi connectivity index (χ2n) is 6.38. The standard InChI is InChI=1S/C20H25N3O4/c1-14-7-4-8-16(15(14)2)22-18(24)13-23(3)19(25)10-5-11-21-20(26)17-9-6-12-27-17/h4,6-9,12H,5,10-11,13H2,1-3H3,(H,21,26)(H,22,24). The van der Waals surface area contributed by atoms with Gasteiger partial charge in [-0.3, -0.25) is 14.4 Å². The molecule has 0 unspecified atom stereocenters. The number of benzene rings is 1. The van der Waals surface area contributed by atoms with E-state index in [-0.39, 0.29) is 36.4 Å². The summed E-state index contributed by atoms with van der Waals surface area (Å²) < 4.78 is 4.99. The molecule has 2 aromatic rings. The Morgan fingerprint density at radius 1 is 1.11 bits per heavy atom. The van der Waals surface area contributed by atoms with E-state index in [9.17, 15) is 14.4 Å². The normalized spacial score (nSPS) is 10.3. The molecule has 0 fully saturated rings. The molecule has 3 amide bonds. The second-order valence-corrected chi connectivity index (χ2v) is 6.38. The van der Waals surface area contributed by atoms with Gasteiger partial charge in [-0.2, -0.15) is 0 Å². The Morgan fingerprint density at radius 3 is 2.59 bits per heavy atom. The lowest BCUT2D eigenvalue weighted by molar-refractivity contribution is -0.133. The largest absolute Gasteiger partial charge is 0.459 e. The van der Waals surface area contributed by atoms with Gasteiger partial charge in [0.1, 0.15) is 0 Å². The van der Waals surface area contributed by atoms with E-state index in [4.69, 9.17) is 4.42 Å². The lowest BCUT2D eigenvalue weighted by atomic mass is 10.1. The van der Waals surface area contributed by atoms with Crippen LogP contribution in [0.2, 0.25) is 0 Å². The summed E-state index contributed by atoms with van der Waals surface area (Å²) in [6, 6.07) is 8.90. The van der Waals surface area contributed by atoms with Crippen molar-refractivity contribution in [2.45, 2.75) is 26.7 Å². The van der Waals surface area contributed by atoms with Crippen LogP contribution in [-0.4, -0.2) is 42.8 Å². The van der Waals surface area contributed by atoms with E-state index >= 15 is 0 Å². The fourth-order valence-corrected chi connectivity index (χ4v) is 2.51. The van der Waals surface area contributed by atoms with Crippen LogP contribution in [0.1, 0.15) is 34.5 Å². The number of aryl methyl sites for hydroxylation is 1. The molecule has 144 valence electrons. The molecule has 0 aliphatic carbocycles. The number of rotatable bonds is 8. The quantitative estimate of drug-likeness (QED) is 0.698. The highest BCUT2D eigenvalue weighted by molar-refractivity contribution is 5.95. The van der Waals surface area contributed by atoms with Crippen LogP contribution in [0.15, 0.2) is 41.0 Å². The summed E-state index contributed by atoms with van der Waals surface area (Å²) in [5, 5.41) is 5.52. The van der Waals surface area contributed by atoms with Crippen molar-refractivity contribution in [2.75, 3.05) is 25.5 Å². The summed E-state index contributed by atoms with van der Waals surface area (Å²) in [6.07, 6.45) is 2.15. The first-order chi connectivity index (χ1) is 12.9. The van der Waals surface area contributed by atoms with Gasteiger partial charge in [-0.15, -0.1) is 0 Å². The summed E-state index contributed by atoms with van der Waals surface area (Å²) >= 11 is 0. The monoisotopic (exact) mass is 371 g/mol. The van der Waals surface area contributed by atoms with Gasteiger partial charge in [-0.25, -0.2) is 0 Å². The Kier molecular flexibility index (Phi) is 7.16. The maximum absolute atomic E-state index is 12.2. The third-order valence-corrected chi connectivity index (χ3v) is 4.28. The van der Waals surface area contributed by atoms with Gasteiger partial charge in [0.15, 0.2) is 5.76 Å². The molecule has 1 aromatic carbocycles. The van der Waals surface area contributed by atoms with E-state index < -0.39 is 0 Å². The average Bonchev–Trinajstić information content (AvgIpc) is 3.17.